The van der Waals surface area contributed by atoms with Crippen LogP contribution in [0.3, 0.4) is 0 Å². The molecule has 37 heavy (non-hydrogen) atoms. The SMILES string of the molecule is Nc1nc(NCCc2ccc(NC(=O)CCCCCCC(=O)NO)cc2)nc2nc(-c3ccco3)nn12. The van der Waals surface area contributed by atoms with Gasteiger partial charge in [0, 0.05) is 25.1 Å². The quantitative estimate of drug-likeness (QED) is 0.102. The van der Waals surface area contributed by atoms with Gasteiger partial charge >= 0.3 is 0 Å². The topological polar surface area (TPSA) is 186 Å². The van der Waals surface area contributed by atoms with Gasteiger partial charge in [-0.3, -0.25) is 14.8 Å². The maximum absolute atomic E-state index is 12.1. The van der Waals surface area contributed by atoms with E-state index in [1.54, 1.807) is 23.9 Å². The van der Waals surface area contributed by atoms with Crippen molar-refractivity contribution in [2.24, 2.45) is 0 Å². The molecule has 0 unspecified atom stereocenters. The summed E-state index contributed by atoms with van der Waals surface area (Å²) < 4.78 is 6.68. The summed E-state index contributed by atoms with van der Waals surface area (Å²) in [6, 6.07) is 11.1. The lowest BCUT2D eigenvalue weighted by Crippen LogP contribution is -2.17. The number of carbonyl (C=O) groups excluding carboxylic acids is 2. The summed E-state index contributed by atoms with van der Waals surface area (Å²) in [5.74, 6) is 1.28. The highest BCUT2D eigenvalue weighted by atomic mass is 16.5. The largest absolute Gasteiger partial charge is 0.461 e. The number of rotatable bonds is 13. The first-order valence-corrected chi connectivity index (χ1v) is 12.0. The Hall–Kier alpha value is -4.52. The van der Waals surface area contributed by atoms with E-state index in [9.17, 15) is 9.59 Å². The third kappa shape index (κ3) is 7.24. The van der Waals surface area contributed by atoms with Crippen LogP contribution in [-0.2, 0) is 16.0 Å². The molecular formula is C24H29N9O4. The number of hydrogen-bond donors (Lipinski definition) is 5. The fourth-order valence-electron chi connectivity index (χ4n) is 3.67. The third-order valence-corrected chi connectivity index (χ3v) is 5.59. The van der Waals surface area contributed by atoms with Crippen LogP contribution >= 0.6 is 0 Å². The molecule has 0 aliphatic rings. The van der Waals surface area contributed by atoms with E-state index in [4.69, 9.17) is 15.4 Å². The van der Waals surface area contributed by atoms with E-state index in [1.807, 2.05) is 24.3 Å². The second-order valence-electron chi connectivity index (χ2n) is 8.40. The van der Waals surface area contributed by atoms with E-state index in [-0.39, 0.29) is 24.2 Å². The van der Waals surface area contributed by atoms with Gasteiger partial charge in [-0.15, -0.1) is 5.10 Å². The number of carbonyl (C=O) groups is 2. The van der Waals surface area contributed by atoms with Crippen molar-refractivity contribution >= 4 is 35.2 Å². The lowest BCUT2D eigenvalue weighted by molar-refractivity contribution is -0.129. The molecule has 3 heterocycles. The van der Waals surface area contributed by atoms with Crippen LogP contribution in [0.1, 0.15) is 44.1 Å². The van der Waals surface area contributed by atoms with E-state index >= 15 is 0 Å². The first-order chi connectivity index (χ1) is 18.0. The van der Waals surface area contributed by atoms with Crippen molar-refractivity contribution in [1.82, 2.24) is 30.0 Å². The van der Waals surface area contributed by atoms with Crippen LogP contribution in [0.15, 0.2) is 47.1 Å². The number of furan rings is 1. The van der Waals surface area contributed by atoms with Crippen LogP contribution in [0, 0.1) is 0 Å². The Balaban J connectivity index is 1.19. The van der Waals surface area contributed by atoms with Gasteiger partial charge in [0.15, 0.2) is 5.76 Å². The number of hydrogen-bond acceptors (Lipinski definition) is 10. The number of nitrogen functional groups attached to an aromatic ring is 1. The molecule has 2 amide bonds. The van der Waals surface area contributed by atoms with Crippen molar-refractivity contribution in [3.63, 3.8) is 0 Å². The molecule has 0 radical (unpaired) electrons. The number of nitrogens with two attached hydrogens (primary N) is 1. The van der Waals surface area contributed by atoms with Gasteiger partial charge in [-0.25, -0.2) is 5.48 Å². The minimum absolute atomic E-state index is 0.0451. The van der Waals surface area contributed by atoms with Gasteiger partial charge in [-0.05, 0) is 49.1 Å². The average molecular weight is 508 g/mol. The number of nitrogens with one attached hydrogen (secondary N) is 3. The molecule has 4 aromatic rings. The van der Waals surface area contributed by atoms with Crippen molar-refractivity contribution in [1.29, 1.82) is 0 Å². The van der Waals surface area contributed by atoms with Crippen LogP contribution in [0.4, 0.5) is 17.6 Å². The molecule has 0 bridgehead atoms. The molecular weight excluding hydrogens is 478 g/mol. The Morgan fingerprint density at radius 2 is 1.73 bits per heavy atom. The number of hydroxylamine groups is 1. The summed E-state index contributed by atoms with van der Waals surface area (Å²) >= 11 is 0. The fraction of sp³-hybridized carbons (Fsp3) is 0.333. The highest BCUT2D eigenvalue weighted by Gasteiger charge is 2.13. The lowest BCUT2D eigenvalue weighted by Gasteiger charge is -2.08. The van der Waals surface area contributed by atoms with Crippen LogP contribution < -0.4 is 21.8 Å². The highest BCUT2D eigenvalue weighted by Crippen LogP contribution is 2.18. The number of benzene rings is 1. The molecule has 194 valence electrons. The Labute approximate surface area is 212 Å². The van der Waals surface area contributed by atoms with Crippen molar-refractivity contribution in [2.75, 3.05) is 22.9 Å². The Kier molecular flexibility index (Phi) is 8.60. The Bertz CT molecular complexity index is 1320. The Morgan fingerprint density at radius 1 is 0.973 bits per heavy atom. The second-order valence-corrected chi connectivity index (χ2v) is 8.40. The van der Waals surface area contributed by atoms with Gasteiger partial charge in [0.2, 0.25) is 29.5 Å². The zero-order valence-electron chi connectivity index (χ0n) is 20.2. The van der Waals surface area contributed by atoms with Gasteiger partial charge in [-0.1, -0.05) is 25.0 Å². The molecule has 4 rings (SSSR count). The standard InChI is InChI=1S/C24H29N9O4/c25-22-29-23(30-24-28-21(31-33(22)24)18-6-5-15-37-18)26-14-13-16-9-11-17(12-10-16)27-19(34)7-3-1-2-4-8-20(35)32-36/h5-6,9-12,15,36H,1-4,7-8,13-14H2,(H,27,34)(H,32,35)(H3,25,26,28,29,30,31). The molecule has 3 aromatic heterocycles. The smallest absolute Gasteiger partial charge is 0.259 e. The minimum Gasteiger partial charge on any atom is -0.461 e. The van der Waals surface area contributed by atoms with E-state index in [1.165, 1.54) is 4.52 Å². The molecule has 0 fully saturated rings. The maximum Gasteiger partial charge on any atom is 0.259 e. The van der Waals surface area contributed by atoms with E-state index in [0.717, 1.165) is 30.5 Å². The van der Waals surface area contributed by atoms with Crippen LogP contribution in [-0.4, -0.2) is 48.1 Å². The highest BCUT2D eigenvalue weighted by molar-refractivity contribution is 5.90. The van der Waals surface area contributed by atoms with E-state index < -0.39 is 0 Å². The molecule has 13 nitrogen and oxygen atoms in total. The normalized spacial score (nSPS) is 10.9. The van der Waals surface area contributed by atoms with Crippen molar-refractivity contribution in [2.45, 2.75) is 44.9 Å². The monoisotopic (exact) mass is 507 g/mol. The van der Waals surface area contributed by atoms with Crippen molar-refractivity contribution in [3.05, 3.63) is 48.2 Å². The number of anilines is 3. The van der Waals surface area contributed by atoms with Crippen LogP contribution in [0.25, 0.3) is 17.4 Å². The first kappa shape index (κ1) is 25.6. The summed E-state index contributed by atoms with van der Waals surface area (Å²) in [7, 11) is 0. The van der Waals surface area contributed by atoms with Gasteiger partial charge in [0.25, 0.3) is 5.78 Å². The number of aromatic nitrogens is 5. The number of nitrogens with zero attached hydrogens (tertiary/aromatic N) is 5. The Morgan fingerprint density at radius 3 is 2.43 bits per heavy atom. The molecule has 1 aromatic carbocycles. The summed E-state index contributed by atoms with van der Waals surface area (Å²) in [4.78, 5) is 36.0. The number of amides is 2. The molecule has 0 aliphatic carbocycles. The molecule has 0 atom stereocenters. The number of unbranched alkanes of at least 4 members (excludes halogenated alkanes) is 3. The fourth-order valence-corrected chi connectivity index (χ4v) is 3.67. The average Bonchev–Trinajstić information content (AvgIpc) is 3.57. The van der Waals surface area contributed by atoms with Gasteiger partial charge in [-0.2, -0.15) is 19.5 Å². The predicted octanol–water partition coefficient (Wildman–Crippen LogP) is 2.80. The number of fused-ring (bicyclic) bond motifs is 1. The molecule has 13 heteroatoms. The summed E-state index contributed by atoms with van der Waals surface area (Å²) in [5, 5.41) is 18.8. The van der Waals surface area contributed by atoms with Crippen molar-refractivity contribution in [3.8, 4) is 11.6 Å². The van der Waals surface area contributed by atoms with Gasteiger partial charge < -0.3 is 20.8 Å². The second kappa shape index (κ2) is 12.4. The van der Waals surface area contributed by atoms with E-state index in [0.29, 0.717) is 49.1 Å². The van der Waals surface area contributed by atoms with E-state index in [2.05, 4.69) is 30.7 Å². The summed E-state index contributed by atoms with van der Waals surface area (Å²) in [6.45, 7) is 0.570. The van der Waals surface area contributed by atoms with Gasteiger partial charge in [0.05, 0.1) is 6.26 Å². The van der Waals surface area contributed by atoms with Crippen LogP contribution in [0.2, 0.25) is 0 Å². The molecule has 0 saturated heterocycles. The maximum atomic E-state index is 12.1. The summed E-state index contributed by atoms with van der Waals surface area (Å²) in [6.07, 6.45) is 6.07. The first-order valence-electron chi connectivity index (χ1n) is 12.0. The third-order valence-electron chi connectivity index (χ3n) is 5.59. The van der Waals surface area contributed by atoms with Crippen molar-refractivity contribution < 1.29 is 19.2 Å². The van der Waals surface area contributed by atoms with Crippen LogP contribution in [0.5, 0.6) is 0 Å². The molecule has 6 N–H and O–H groups in total. The predicted molar refractivity (Wildman–Crippen MR) is 136 cm³/mol. The zero-order valence-corrected chi connectivity index (χ0v) is 20.2. The van der Waals surface area contributed by atoms with Gasteiger partial charge in [0.1, 0.15) is 0 Å². The summed E-state index contributed by atoms with van der Waals surface area (Å²) in [5.41, 5.74) is 9.44. The minimum atomic E-state index is -0.386. The lowest BCUT2D eigenvalue weighted by atomic mass is 10.1. The zero-order chi connectivity index (χ0) is 26.0. The molecule has 0 spiro atoms. The molecule has 0 saturated carbocycles. The molecule has 0 aliphatic heterocycles.